The maximum absolute atomic E-state index is 12.8. The second kappa shape index (κ2) is 8.40. The Bertz CT molecular complexity index is 1140. The van der Waals surface area contributed by atoms with Gasteiger partial charge in [-0.05, 0) is 74.6 Å². The Labute approximate surface area is 175 Å². The van der Waals surface area contributed by atoms with Gasteiger partial charge in [0, 0.05) is 18.7 Å². The van der Waals surface area contributed by atoms with Crippen LogP contribution in [0.25, 0.3) is 11.0 Å². The Balaban J connectivity index is 1.55. The lowest BCUT2D eigenvalue weighted by Crippen LogP contribution is -2.31. The van der Waals surface area contributed by atoms with Crippen LogP contribution in [0.1, 0.15) is 45.6 Å². The molecule has 4 rings (SSSR count). The number of rotatable bonds is 5. The summed E-state index contributed by atoms with van der Waals surface area (Å²) >= 11 is 0. The van der Waals surface area contributed by atoms with Gasteiger partial charge in [-0.15, -0.1) is 0 Å². The molecule has 1 atom stereocenters. The number of carbonyl (C=O) groups is 1. The summed E-state index contributed by atoms with van der Waals surface area (Å²) in [7, 11) is 0. The van der Waals surface area contributed by atoms with E-state index in [-0.39, 0.29) is 17.6 Å². The van der Waals surface area contributed by atoms with Gasteiger partial charge in [0.15, 0.2) is 0 Å². The first-order valence-electron chi connectivity index (χ1n) is 10.4. The molecule has 1 aliphatic rings. The fourth-order valence-electron chi connectivity index (χ4n) is 3.84. The van der Waals surface area contributed by atoms with Gasteiger partial charge in [0.2, 0.25) is 0 Å². The van der Waals surface area contributed by atoms with Gasteiger partial charge in [-0.2, -0.15) is 0 Å². The molecule has 30 heavy (non-hydrogen) atoms. The molecule has 1 unspecified atom stereocenters. The minimum absolute atomic E-state index is 0.0934. The number of aromatic nitrogens is 2. The van der Waals surface area contributed by atoms with E-state index in [0.717, 1.165) is 47.2 Å². The predicted octanol–water partition coefficient (Wildman–Crippen LogP) is 3.28. The van der Waals surface area contributed by atoms with E-state index in [0.29, 0.717) is 24.3 Å². The molecule has 6 heteroatoms. The Kier molecular flexibility index (Phi) is 5.68. The number of nitrogens with one attached hydrogen (secondary N) is 1. The van der Waals surface area contributed by atoms with Crippen molar-refractivity contribution < 1.29 is 9.53 Å². The van der Waals surface area contributed by atoms with E-state index >= 15 is 0 Å². The van der Waals surface area contributed by atoms with E-state index in [1.807, 2.05) is 38.1 Å². The summed E-state index contributed by atoms with van der Waals surface area (Å²) in [6.07, 6.45) is 2.17. The van der Waals surface area contributed by atoms with E-state index in [9.17, 15) is 9.59 Å². The molecular formula is C24H27N3O3. The highest BCUT2D eigenvalue weighted by atomic mass is 16.5. The van der Waals surface area contributed by atoms with E-state index in [1.165, 1.54) is 0 Å². The molecule has 0 saturated carbocycles. The fourth-order valence-corrected chi connectivity index (χ4v) is 3.84. The number of hydrogen-bond donors (Lipinski definition) is 1. The summed E-state index contributed by atoms with van der Waals surface area (Å²) in [6, 6.07) is 11.4. The van der Waals surface area contributed by atoms with Gasteiger partial charge >= 0.3 is 0 Å². The number of carbonyl (C=O) groups excluding carboxylic acids is 1. The average molecular weight is 405 g/mol. The minimum Gasteiger partial charge on any atom is -0.376 e. The number of ether oxygens (including phenoxy) is 1. The monoisotopic (exact) mass is 405 g/mol. The van der Waals surface area contributed by atoms with Crippen LogP contribution in [0.3, 0.4) is 0 Å². The smallest absolute Gasteiger partial charge is 0.272 e. The number of nitrogens with zero attached hydrogens (tertiary/aromatic N) is 2. The summed E-state index contributed by atoms with van der Waals surface area (Å²) in [5.74, 6) is -0.106. The maximum atomic E-state index is 12.8. The van der Waals surface area contributed by atoms with Crippen molar-refractivity contribution >= 4 is 16.9 Å². The van der Waals surface area contributed by atoms with Crippen LogP contribution in [0.4, 0.5) is 0 Å². The van der Waals surface area contributed by atoms with Crippen molar-refractivity contribution in [2.45, 2.75) is 46.3 Å². The van der Waals surface area contributed by atoms with Crippen molar-refractivity contribution in [2.75, 3.05) is 13.2 Å². The number of amides is 1. The van der Waals surface area contributed by atoms with E-state index in [4.69, 9.17) is 4.74 Å². The van der Waals surface area contributed by atoms with E-state index in [2.05, 4.69) is 10.3 Å². The minimum atomic E-state index is -0.106. The van der Waals surface area contributed by atoms with Crippen molar-refractivity contribution in [1.29, 1.82) is 0 Å². The zero-order chi connectivity index (χ0) is 21.3. The molecule has 156 valence electrons. The van der Waals surface area contributed by atoms with Crippen LogP contribution < -0.4 is 10.9 Å². The summed E-state index contributed by atoms with van der Waals surface area (Å²) in [5, 5.41) is 2.93. The lowest BCUT2D eigenvalue weighted by Gasteiger charge is -2.14. The summed E-state index contributed by atoms with van der Waals surface area (Å²) in [5.41, 5.74) is 5.87. The summed E-state index contributed by atoms with van der Waals surface area (Å²) < 4.78 is 7.30. The van der Waals surface area contributed by atoms with Crippen LogP contribution in [0.2, 0.25) is 0 Å². The maximum Gasteiger partial charge on any atom is 0.272 e. The first-order valence-corrected chi connectivity index (χ1v) is 10.4. The van der Waals surface area contributed by atoms with E-state index in [1.54, 1.807) is 23.6 Å². The summed E-state index contributed by atoms with van der Waals surface area (Å²) in [6.45, 7) is 7.57. The van der Waals surface area contributed by atoms with Crippen LogP contribution in [0, 0.1) is 20.8 Å². The highest BCUT2D eigenvalue weighted by Crippen LogP contribution is 2.18. The summed E-state index contributed by atoms with van der Waals surface area (Å²) in [4.78, 5) is 29.7. The quantitative estimate of drug-likeness (QED) is 0.707. The van der Waals surface area contributed by atoms with Crippen molar-refractivity contribution in [3.05, 3.63) is 74.7 Å². The largest absolute Gasteiger partial charge is 0.376 e. The molecule has 0 aliphatic carbocycles. The van der Waals surface area contributed by atoms with Gasteiger partial charge in [-0.3, -0.25) is 9.59 Å². The molecule has 2 aromatic carbocycles. The molecule has 0 bridgehead atoms. The molecule has 0 spiro atoms. The van der Waals surface area contributed by atoms with Crippen LogP contribution in [-0.2, 0) is 11.3 Å². The van der Waals surface area contributed by atoms with Crippen molar-refractivity contribution in [1.82, 2.24) is 14.9 Å². The van der Waals surface area contributed by atoms with Crippen molar-refractivity contribution in [2.24, 2.45) is 0 Å². The standard InChI is InChI=1S/C24H27N3O3/c1-15-11-21-22(12-16(15)2)27(24(29)17(3)26-21)14-18-6-8-19(9-7-18)23(28)25-13-20-5-4-10-30-20/h6-9,11-12,20H,4-5,10,13-14H2,1-3H3,(H,25,28). The molecular weight excluding hydrogens is 378 g/mol. The lowest BCUT2D eigenvalue weighted by molar-refractivity contribution is 0.0858. The van der Waals surface area contributed by atoms with Crippen LogP contribution >= 0.6 is 0 Å². The zero-order valence-corrected chi connectivity index (χ0v) is 17.7. The normalized spacial score (nSPS) is 16.2. The van der Waals surface area contributed by atoms with Gasteiger partial charge < -0.3 is 14.6 Å². The average Bonchev–Trinajstić information content (AvgIpc) is 3.25. The van der Waals surface area contributed by atoms with Crippen molar-refractivity contribution in [3.63, 3.8) is 0 Å². The predicted molar refractivity (Wildman–Crippen MR) is 117 cm³/mol. The van der Waals surface area contributed by atoms with Gasteiger partial charge in [0.25, 0.3) is 11.5 Å². The molecule has 1 fully saturated rings. The molecule has 1 amide bonds. The first kappa shape index (κ1) is 20.3. The molecule has 3 aromatic rings. The number of fused-ring (bicyclic) bond motifs is 1. The number of aryl methyl sites for hydroxylation is 3. The third-order valence-corrected chi connectivity index (χ3v) is 5.80. The third kappa shape index (κ3) is 4.14. The molecule has 6 nitrogen and oxygen atoms in total. The van der Waals surface area contributed by atoms with Crippen LogP contribution in [-0.4, -0.2) is 34.7 Å². The Hall–Kier alpha value is -2.99. The van der Waals surface area contributed by atoms with Gasteiger partial charge in [0.1, 0.15) is 5.69 Å². The van der Waals surface area contributed by atoms with Crippen LogP contribution in [0.5, 0.6) is 0 Å². The molecule has 0 radical (unpaired) electrons. The Morgan fingerprint density at radius 3 is 2.60 bits per heavy atom. The van der Waals surface area contributed by atoms with Crippen molar-refractivity contribution in [3.8, 4) is 0 Å². The molecule has 1 aromatic heterocycles. The lowest BCUT2D eigenvalue weighted by atomic mass is 10.1. The Morgan fingerprint density at radius 1 is 1.17 bits per heavy atom. The first-order chi connectivity index (χ1) is 14.4. The van der Waals surface area contributed by atoms with Gasteiger partial charge in [-0.25, -0.2) is 4.98 Å². The topological polar surface area (TPSA) is 73.2 Å². The molecule has 2 heterocycles. The van der Waals surface area contributed by atoms with Crippen LogP contribution in [0.15, 0.2) is 41.2 Å². The number of hydrogen-bond acceptors (Lipinski definition) is 4. The number of benzene rings is 2. The van der Waals surface area contributed by atoms with E-state index < -0.39 is 0 Å². The molecule has 1 saturated heterocycles. The second-order valence-electron chi connectivity index (χ2n) is 8.06. The zero-order valence-electron chi connectivity index (χ0n) is 17.7. The van der Waals surface area contributed by atoms with Gasteiger partial charge in [0.05, 0.1) is 23.7 Å². The molecule has 1 N–H and O–H groups in total. The highest BCUT2D eigenvalue weighted by molar-refractivity contribution is 5.94. The molecule has 1 aliphatic heterocycles. The fraction of sp³-hybridized carbons (Fsp3) is 0.375. The third-order valence-electron chi connectivity index (χ3n) is 5.80. The highest BCUT2D eigenvalue weighted by Gasteiger charge is 2.17. The SMILES string of the molecule is Cc1cc2nc(C)c(=O)n(Cc3ccc(C(=O)NCC4CCCO4)cc3)c2cc1C. The second-order valence-corrected chi connectivity index (χ2v) is 8.06. The van der Waals surface area contributed by atoms with Gasteiger partial charge in [-0.1, -0.05) is 12.1 Å². The Morgan fingerprint density at radius 2 is 1.90 bits per heavy atom.